The number of benzene rings is 1. The van der Waals surface area contributed by atoms with Crippen LogP contribution in [-0.4, -0.2) is 24.6 Å². The van der Waals surface area contributed by atoms with E-state index in [4.69, 9.17) is 15.2 Å². The molecule has 7 heteroatoms. The Morgan fingerprint density at radius 1 is 1.40 bits per heavy atom. The first kappa shape index (κ1) is 14.1. The number of carbonyl (C=O) groups is 1. The van der Waals surface area contributed by atoms with E-state index < -0.39 is 5.97 Å². The number of ether oxygens (including phenoxy) is 3. The van der Waals surface area contributed by atoms with Crippen molar-refractivity contribution in [3.63, 3.8) is 0 Å². The number of hydrogen-bond donors (Lipinski definition) is 1. The molecule has 0 aliphatic carbocycles. The van der Waals surface area contributed by atoms with Crippen LogP contribution in [0.3, 0.4) is 0 Å². The molecule has 0 aliphatic rings. The Kier molecular flexibility index (Phi) is 4.41. The number of nitrogens with two attached hydrogens (primary N) is 1. The molecule has 1 aromatic carbocycles. The average Bonchev–Trinajstić information content (AvgIpc) is 2.85. The molecule has 2 aromatic rings. The smallest absolute Gasteiger partial charge is 0.346 e. The summed E-state index contributed by atoms with van der Waals surface area (Å²) in [7, 11) is 2.88. The number of hydrogen-bond acceptors (Lipinski definition) is 7. The van der Waals surface area contributed by atoms with Gasteiger partial charge in [0.2, 0.25) is 5.88 Å². The lowest BCUT2D eigenvalue weighted by molar-refractivity contribution is 0.0597. The van der Waals surface area contributed by atoms with E-state index in [1.807, 2.05) is 24.3 Å². The van der Waals surface area contributed by atoms with E-state index in [1.54, 1.807) is 7.11 Å². The fourth-order valence-electron chi connectivity index (χ4n) is 1.59. The molecule has 0 atom stereocenters. The summed E-state index contributed by atoms with van der Waals surface area (Å²) in [6.07, 6.45) is 0. The lowest BCUT2D eigenvalue weighted by Crippen LogP contribution is -2.06. The van der Waals surface area contributed by atoms with E-state index in [0.717, 1.165) is 22.8 Å². The number of rotatable bonds is 5. The van der Waals surface area contributed by atoms with E-state index in [2.05, 4.69) is 9.11 Å². The van der Waals surface area contributed by atoms with E-state index >= 15 is 0 Å². The quantitative estimate of drug-likeness (QED) is 0.850. The van der Waals surface area contributed by atoms with Crippen molar-refractivity contribution in [2.24, 2.45) is 0 Å². The summed E-state index contributed by atoms with van der Waals surface area (Å²) in [6, 6.07) is 7.42. The van der Waals surface area contributed by atoms with Gasteiger partial charge >= 0.3 is 5.97 Å². The lowest BCUT2D eigenvalue weighted by atomic mass is 10.2. The van der Waals surface area contributed by atoms with Crippen molar-refractivity contribution in [2.75, 3.05) is 20.0 Å². The minimum atomic E-state index is -0.558. The molecule has 0 radical (unpaired) electrons. The maximum atomic E-state index is 11.6. The van der Waals surface area contributed by atoms with Gasteiger partial charge in [-0.2, -0.15) is 4.37 Å². The number of nitrogen functional groups attached to an aromatic ring is 1. The van der Waals surface area contributed by atoms with Gasteiger partial charge in [-0.25, -0.2) is 4.79 Å². The molecule has 6 nitrogen and oxygen atoms in total. The molecule has 0 amide bonds. The molecule has 0 spiro atoms. The fourth-order valence-corrected chi connectivity index (χ4v) is 2.18. The van der Waals surface area contributed by atoms with Crippen molar-refractivity contribution in [2.45, 2.75) is 6.61 Å². The van der Waals surface area contributed by atoms with Gasteiger partial charge in [0.25, 0.3) is 0 Å². The number of esters is 1. The third-order valence-electron chi connectivity index (χ3n) is 2.59. The molecule has 2 N–H and O–H groups in total. The maximum absolute atomic E-state index is 11.6. The number of methoxy groups -OCH3 is 2. The first-order valence-electron chi connectivity index (χ1n) is 5.75. The molecule has 0 aliphatic heterocycles. The maximum Gasteiger partial charge on any atom is 0.346 e. The molecular weight excluding hydrogens is 280 g/mol. The summed E-state index contributed by atoms with van der Waals surface area (Å²) in [4.78, 5) is 11.6. The van der Waals surface area contributed by atoms with Crippen molar-refractivity contribution >= 4 is 22.5 Å². The predicted octanol–water partition coefficient (Wildman–Crippen LogP) is 2.10. The van der Waals surface area contributed by atoms with Crippen molar-refractivity contribution in [3.8, 4) is 11.6 Å². The largest absolute Gasteiger partial charge is 0.497 e. The van der Waals surface area contributed by atoms with Gasteiger partial charge in [0.05, 0.1) is 14.2 Å². The highest BCUT2D eigenvalue weighted by Crippen LogP contribution is 2.29. The number of aromatic nitrogens is 1. The first-order valence-corrected chi connectivity index (χ1v) is 6.52. The van der Waals surface area contributed by atoms with Gasteiger partial charge in [0, 0.05) is 0 Å². The second kappa shape index (κ2) is 6.25. The van der Waals surface area contributed by atoms with Gasteiger partial charge < -0.3 is 19.9 Å². The number of anilines is 1. The van der Waals surface area contributed by atoms with E-state index in [1.165, 1.54) is 7.11 Å². The molecular formula is C13H14N2O4S. The third kappa shape index (κ3) is 3.00. The van der Waals surface area contributed by atoms with E-state index in [0.29, 0.717) is 0 Å². The van der Waals surface area contributed by atoms with Crippen LogP contribution in [0, 0.1) is 0 Å². The van der Waals surface area contributed by atoms with Crippen LogP contribution in [0.5, 0.6) is 11.6 Å². The Labute approximate surface area is 120 Å². The van der Waals surface area contributed by atoms with Crippen molar-refractivity contribution in [1.82, 2.24) is 4.37 Å². The van der Waals surface area contributed by atoms with Crippen molar-refractivity contribution < 1.29 is 19.0 Å². The highest BCUT2D eigenvalue weighted by molar-refractivity contribution is 7.10. The normalized spacial score (nSPS) is 10.1. The molecule has 0 saturated heterocycles. The second-order valence-corrected chi connectivity index (χ2v) is 4.66. The number of nitrogens with zero attached hydrogens (tertiary/aromatic N) is 1. The summed E-state index contributed by atoms with van der Waals surface area (Å²) in [5.41, 5.74) is 6.75. The molecule has 2 rings (SSSR count). The Morgan fingerprint density at radius 2 is 2.20 bits per heavy atom. The van der Waals surface area contributed by atoms with Gasteiger partial charge in [-0.05, 0) is 29.2 Å². The molecule has 0 unspecified atom stereocenters. The Balaban J connectivity index is 2.13. The minimum absolute atomic E-state index is 0.167. The molecule has 1 aromatic heterocycles. The minimum Gasteiger partial charge on any atom is -0.497 e. The Hall–Kier alpha value is -2.28. The van der Waals surface area contributed by atoms with Crippen LogP contribution in [0.4, 0.5) is 5.00 Å². The van der Waals surface area contributed by atoms with Gasteiger partial charge in [-0.3, -0.25) is 0 Å². The molecule has 0 bridgehead atoms. The summed E-state index contributed by atoms with van der Waals surface area (Å²) >= 11 is 0.995. The standard InChI is InChI=1S/C13H14N2O4S/c1-17-9-5-3-4-8(6-9)7-19-12-10(13(16)18-2)11(14)20-15-12/h3-6H,7,14H2,1-2H3. The van der Waals surface area contributed by atoms with Crippen LogP contribution in [-0.2, 0) is 11.3 Å². The van der Waals surface area contributed by atoms with Crippen molar-refractivity contribution in [1.29, 1.82) is 0 Å². The van der Waals surface area contributed by atoms with Gasteiger partial charge in [0.1, 0.15) is 17.4 Å². The molecule has 20 heavy (non-hydrogen) atoms. The monoisotopic (exact) mass is 294 g/mol. The highest BCUT2D eigenvalue weighted by atomic mass is 32.1. The summed E-state index contributed by atoms with van der Waals surface area (Å²) in [5.74, 6) is 0.358. The topological polar surface area (TPSA) is 83.7 Å². The van der Waals surface area contributed by atoms with Crippen molar-refractivity contribution in [3.05, 3.63) is 35.4 Å². The van der Waals surface area contributed by atoms with Gasteiger partial charge in [-0.1, -0.05) is 12.1 Å². The van der Waals surface area contributed by atoms with Gasteiger partial charge in [0.15, 0.2) is 5.56 Å². The van der Waals surface area contributed by atoms with Crippen LogP contribution < -0.4 is 15.2 Å². The fraction of sp³-hybridized carbons (Fsp3) is 0.231. The average molecular weight is 294 g/mol. The lowest BCUT2D eigenvalue weighted by Gasteiger charge is -2.07. The van der Waals surface area contributed by atoms with Crippen LogP contribution in [0.15, 0.2) is 24.3 Å². The van der Waals surface area contributed by atoms with E-state index in [9.17, 15) is 4.79 Å². The summed E-state index contributed by atoms with van der Waals surface area (Å²) in [5, 5.41) is 0.275. The van der Waals surface area contributed by atoms with Crippen LogP contribution >= 0.6 is 11.5 Å². The molecule has 1 heterocycles. The Bertz CT molecular complexity index is 612. The molecule has 106 valence electrons. The van der Waals surface area contributed by atoms with Gasteiger partial charge in [-0.15, -0.1) is 0 Å². The SMILES string of the molecule is COC(=O)c1c(OCc2cccc(OC)c2)nsc1N. The van der Waals surface area contributed by atoms with Crippen LogP contribution in [0.2, 0.25) is 0 Å². The summed E-state index contributed by atoms with van der Waals surface area (Å²) in [6.45, 7) is 0.254. The Morgan fingerprint density at radius 3 is 2.90 bits per heavy atom. The predicted molar refractivity (Wildman–Crippen MR) is 75.2 cm³/mol. The zero-order valence-corrected chi connectivity index (χ0v) is 11.9. The zero-order valence-electron chi connectivity index (χ0n) is 11.1. The zero-order chi connectivity index (χ0) is 14.5. The third-order valence-corrected chi connectivity index (χ3v) is 3.24. The first-order chi connectivity index (χ1) is 9.65. The number of carbonyl (C=O) groups excluding carboxylic acids is 1. The van der Waals surface area contributed by atoms with E-state index in [-0.39, 0.29) is 23.1 Å². The molecule has 0 fully saturated rings. The highest BCUT2D eigenvalue weighted by Gasteiger charge is 2.21. The molecule has 0 saturated carbocycles. The summed E-state index contributed by atoms with van der Waals surface area (Å²) < 4.78 is 19.3. The van der Waals surface area contributed by atoms with Crippen LogP contribution in [0.1, 0.15) is 15.9 Å². The second-order valence-electron chi connectivity index (χ2n) is 3.86. The van der Waals surface area contributed by atoms with Crippen LogP contribution in [0.25, 0.3) is 0 Å².